The van der Waals surface area contributed by atoms with E-state index in [2.05, 4.69) is 5.32 Å². The van der Waals surface area contributed by atoms with Crippen molar-refractivity contribution in [2.45, 2.75) is 11.8 Å². The van der Waals surface area contributed by atoms with Crippen LogP contribution in [0.1, 0.15) is 15.9 Å². The van der Waals surface area contributed by atoms with Crippen LogP contribution >= 0.6 is 11.6 Å². The lowest BCUT2D eigenvalue weighted by molar-refractivity contribution is 0.102. The minimum Gasteiger partial charge on any atom is -0.495 e. The fourth-order valence-corrected chi connectivity index (χ4v) is 2.86. The number of amides is 1. The third kappa shape index (κ3) is 4.01. The highest BCUT2D eigenvalue weighted by Crippen LogP contribution is 2.25. The molecule has 0 aliphatic rings. The van der Waals surface area contributed by atoms with Crippen LogP contribution in [0.3, 0.4) is 0 Å². The van der Waals surface area contributed by atoms with E-state index in [-0.39, 0.29) is 16.2 Å². The smallest absolute Gasteiger partial charge is 0.255 e. The molecule has 1 amide bonds. The molecule has 122 valence electrons. The van der Waals surface area contributed by atoms with Gasteiger partial charge in [-0.15, -0.1) is 0 Å². The van der Waals surface area contributed by atoms with E-state index >= 15 is 0 Å². The summed E-state index contributed by atoms with van der Waals surface area (Å²) in [5, 5.41) is 8.30. The van der Waals surface area contributed by atoms with Gasteiger partial charge in [-0.25, -0.2) is 13.6 Å². The fraction of sp³-hybridized carbons (Fsp3) is 0.133. The number of sulfonamides is 1. The summed E-state index contributed by atoms with van der Waals surface area (Å²) in [6.07, 6.45) is 0. The molecule has 2 rings (SSSR count). The van der Waals surface area contributed by atoms with E-state index in [1.807, 2.05) is 6.92 Å². The zero-order valence-electron chi connectivity index (χ0n) is 12.5. The van der Waals surface area contributed by atoms with Gasteiger partial charge in [-0.2, -0.15) is 0 Å². The van der Waals surface area contributed by atoms with E-state index in [1.165, 1.54) is 25.3 Å². The maximum Gasteiger partial charge on any atom is 0.255 e. The van der Waals surface area contributed by atoms with E-state index in [0.717, 1.165) is 5.56 Å². The summed E-state index contributed by atoms with van der Waals surface area (Å²) in [5.41, 5.74) is 1.49. The first-order valence-corrected chi connectivity index (χ1v) is 8.43. The molecule has 2 aromatic rings. The van der Waals surface area contributed by atoms with Gasteiger partial charge in [0.2, 0.25) is 10.0 Å². The molecular formula is C15H15ClN2O4S. The number of carbonyl (C=O) groups is 1. The Morgan fingerprint density at radius 1 is 1.22 bits per heavy atom. The molecule has 0 aromatic heterocycles. The predicted octanol–water partition coefficient (Wildman–Crippen LogP) is 2.56. The van der Waals surface area contributed by atoms with Crippen molar-refractivity contribution in [1.82, 2.24) is 0 Å². The molecule has 23 heavy (non-hydrogen) atoms. The minimum atomic E-state index is -4.02. The zero-order valence-corrected chi connectivity index (χ0v) is 14.0. The molecule has 0 fully saturated rings. The van der Waals surface area contributed by atoms with Gasteiger partial charge in [0, 0.05) is 16.3 Å². The Kier molecular flexibility index (Phi) is 4.93. The molecule has 0 heterocycles. The van der Waals surface area contributed by atoms with Crippen LogP contribution in [-0.4, -0.2) is 21.4 Å². The molecule has 0 saturated heterocycles. The first-order chi connectivity index (χ1) is 10.7. The Morgan fingerprint density at radius 3 is 2.52 bits per heavy atom. The second-order valence-corrected chi connectivity index (χ2v) is 6.79. The molecule has 0 saturated carbocycles. The average Bonchev–Trinajstić information content (AvgIpc) is 2.49. The number of anilines is 1. The monoisotopic (exact) mass is 354 g/mol. The number of hydrogen-bond acceptors (Lipinski definition) is 4. The van der Waals surface area contributed by atoms with E-state index in [0.29, 0.717) is 10.7 Å². The first kappa shape index (κ1) is 17.3. The van der Waals surface area contributed by atoms with Crippen molar-refractivity contribution in [3.8, 4) is 5.75 Å². The molecule has 2 aromatic carbocycles. The summed E-state index contributed by atoms with van der Waals surface area (Å²) < 4.78 is 28.1. The lowest BCUT2D eigenvalue weighted by Crippen LogP contribution is -2.17. The highest BCUT2D eigenvalue weighted by atomic mass is 35.5. The van der Waals surface area contributed by atoms with Gasteiger partial charge in [0.25, 0.3) is 5.91 Å². The number of aryl methyl sites for hydroxylation is 1. The minimum absolute atomic E-state index is 0.0722. The predicted molar refractivity (Wildman–Crippen MR) is 88.5 cm³/mol. The second-order valence-electron chi connectivity index (χ2n) is 4.82. The maximum atomic E-state index is 12.3. The van der Waals surface area contributed by atoms with Crippen molar-refractivity contribution >= 4 is 33.2 Å². The average molecular weight is 355 g/mol. The number of rotatable bonds is 4. The molecule has 3 N–H and O–H groups in total. The van der Waals surface area contributed by atoms with Crippen LogP contribution in [-0.2, 0) is 10.0 Å². The Bertz CT molecular complexity index is 866. The number of halogens is 1. The largest absolute Gasteiger partial charge is 0.495 e. The molecule has 6 nitrogen and oxygen atoms in total. The van der Waals surface area contributed by atoms with Crippen LogP contribution in [0.25, 0.3) is 0 Å². The van der Waals surface area contributed by atoms with Crippen molar-refractivity contribution in [1.29, 1.82) is 0 Å². The maximum absolute atomic E-state index is 12.3. The van der Waals surface area contributed by atoms with Gasteiger partial charge in [-0.3, -0.25) is 4.79 Å². The van der Waals surface area contributed by atoms with E-state index in [1.54, 1.807) is 18.2 Å². The Balaban J connectivity index is 2.38. The van der Waals surface area contributed by atoms with Gasteiger partial charge in [0.05, 0.1) is 7.11 Å². The SMILES string of the molecule is COc1ccc(C(=O)Nc2cc(Cl)ccc2C)cc1S(N)(=O)=O. The molecule has 0 bridgehead atoms. The molecule has 8 heteroatoms. The van der Waals surface area contributed by atoms with Crippen LogP contribution in [0.2, 0.25) is 5.02 Å². The number of nitrogens with one attached hydrogen (secondary N) is 1. The van der Waals surface area contributed by atoms with Crippen molar-refractivity contribution in [2.24, 2.45) is 5.14 Å². The van der Waals surface area contributed by atoms with E-state index in [9.17, 15) is 13.2 Å². The van der Waals surface area contributed by atoms with Gasteiger partial charge in [-0.05, 0) is 42.8 Å². The topological polar surface area (TPSA) is 98.5 Å². The number of methoxy groups -OCH3 is 1. The highest BCUT2D eigenvalue weighted by molar-refractivity contribution is 7.89. The summed E-state index contributed by atoms with van der Waals surface area (Å²) >= 11 is 5.91. The normalized spacial score (nSPS) is 11.1. The molecule has 0 aliphatic carbocycles. The second kappa shape index (κ2) is 6.57. The van der Waals surface area contributed by atoms with Gasteiger partial charge < -0.3 is 10.1 Å². The third-order valence-electron chi connectivity index (χ3n) is 3.18. The van der Waals surface area contributed by atoms with Gasteiger partial charge >= 0.3 is 0 Å². The van der Waals surface area contributed by atoms with Crippen molar-refractivity contribution in [3.63, 3.8) is 0 Å². The number of primary sulfonamides is 1. The fourth-order valence-electron chi connectivity index (χ4n) is 1.96. The third-order valence-corrected chi connectivity index (χ3v) is 4.35. The summed E-state index contributed by atoms with van der Waals surface area (Å²) in [4.78, 5) is 12.1. The molecule has 0 radical (unpaired) electrons. The standard InChI is InChI=1S/C15H15ClN2O4S/c1-9-3-5-11(16)8-12(9)18-15(19)10-4-6-13(22-2)14(7-10)23(17,20)21/h3-8H,1-2H3,(H,18,19)(H2,17,20,21). The number of hydrogen-bond donors (Lipinski definition) is 2. The molecule has 0 atom stereocenters. The molecule has 0 spiro atoms. The summed E-state index contributed by atoms with van der Waals surface area (Å²) in [5.74, 6) is -0.411. The van der Waals surface area contributed by atoms with Crippen molar-refractivity contribution in [3.05, 3.63) is 52.5 Å². The molecule has 0 aliphatic heterocycles. The summed E-state index contributed by atoms with van der Waals surface area (Å²) in [7, 11) is -2.70. The van der Waals surface area contributed by atoms with Crippen LogP contribution < -0.4 is 15.2 Å². The van der Waals surface area contributed by atoms with Crippen LogP contribution in [0.15, 0.2) is 41.3 Å². The Morgan fingerprint density at radius 2 is 1.91 bits per heavy atom. The number of nitrogens with two attached hydrogens (primary N) is 1. The van der Waals surface area contributed by atoms with Crippen LogP contribution in [0.5, 0.6) is 5.75 Å². The van der Waals surface area contributed by atoms with Gasteiger partial charge in [0.1, 0.15) is 10.6 Å². The highest BCUT2D eigenvalue weighted by Gasteiger charge is 2.18. The number of ether oxygens (including phenoxy) is 1. The quantitative estimate of drug-likeness (QED) is 0.881. The van der Waals surface area contributed by atoms with Gasteiger partial charge in [0.15, 0.2) is 0 Å². The first-order valence-electron chi connectivity index (χ1n) is 6.50. The molecule has 0 unspecified atom stereocenters. The lowest BCUT2D eigenvalue weighted by atomic mass is 10.1. The van der Waals surface area contributed by atoms with E-state index < -0.39 is 15.9 Å². The molecular weight excluding hydrogens is 340 g/mol. The van der Waals surface area contributed by atoms with Crippen molar-refractivity contribution in [2.75, 3.05) is 12.4 Å². The van der Waals surface area contributed by atoms with Crippen molar-refractivity contribution < 1.29 is 17.9 Å². The number of carbonyl (C=O) groups excluding carboxylic acids is 1. The number of benzene rings is 2. The van der Waals surface area contributed by atoms with Crippen LogP contribution in [0, 0.1) is 6.92 Å². The zero-order chi connectivity index (χ0) is 17.2. The van der Waals surface area contributed by atoms with E-state index in [4.69, 9.17) is 21.5 Å². The Hall–Kier alpha value is -2.09. The lowest BCUT2D eigenvalue weighted by Gasteiger charge is -2.11. The summed E-state index contributed by atoms with van der Waals surface area (Å²) in [6, 6.07) is 9.07. The van der Waals surface area contributed by atoms with Gasteiger partial charge in [-0.1, -0.05) is 17.7 Å². The Labute approximate surface area is 139 Å². The summed E-state index contributed by atoms with van der Waals surface area (Å²) in [6.45, 7) is 1.82. The van der Waals surface area contributed by atoms with Crippen LogP contribution in [0.4, 0.5) is 5.69 Å².